The Kier molecular flexibility index (Phi) is 6.40. The van der Waals surface area contributed by atoms with E-state index in [1.165, 1.54) is 16.7 Å². The maximum absolute atomic E-state index is 13.4. The number of rotatable bonds is 3. The molecule has 2 heterocycles. The topological polar surface area (TPSA) is 41.6 Å². The summed E-state index contributed by atoms with van der Waals surface area (Å²) in [5, 5.41) is 3.38. The third-order valence-corrected chi connectivity index (χ3v) is 5.66. The van der Waals surface area contributed by atoms with Crippen molar-refractivity contribution in [2.75, 3.05) is 20.2 Å². The fourth-order valence-corrected chi connectivity index (χ4v) is 4.19. The Balaban J connectivity index is 0.00000210. The van der Waals surface area contributed by atoms with Crippen LogP contribution < -0.4 is 10.1 Å². The fourth-order valence-electron chi connectivity index (χ4n) is 4.19. The smallest absolute Gasteiger partial charge is 0.227 e. The van der Waals surface area contributed by atoms with Crippen molar-refractivity contribution in [2.24, 2.45) is 5.92 Å². The van der Waals surface area contributed by atoms with Crippen LogP contribution in [-0.4, -0.2) is 31.0 Å². The summed E-state index contributed by atoms with van der Waals surface area (Å²) in [5.74, 6) is 1.22. The number of nitrogens with zero attached hydrogens (tertiary/aromatic N) is 1. The average molecular weight is 387 g/mol. The molecule has 0 radical (unpaired) electrons. The van der Waals surface area contributed by atoms with Crippen molar-refractivity contribution in [3.8, 4) is 5.75 Å². The number of benzene rings is 2. The molecule has 0 spiro atoms. The summed E-state index contributed by atoms with van der Waals surface area (Å²) in [6, 6.07) is 16.8. The lowest BCUT2D eigenvalue weighted by molar-refractivity contribution is -0.140. The van der Waals surface area contributed by atoms with Crippen LogP contribution in [-0.2, 0) is 17.8 Å². The van der Waals surface area contributed by atoms with Crippen molar-refractivity contribution in [3.05, 3.63) is 65.2 Å². The Morgan fingerprint density at radius 3 is 2.67 bits per heavy atom. The van der Waals surface area contributed by atoms with E-state index < -0.39 is 0 Å². The molecular weight excluding hydrogens is 360 g/mol. The van der Waals surface area contributed by atoms with Gasteiger partial charge in [0.05, 0.1) is 19.1 Å². The summed E-state index contributed by atoms with van der Waals surface area (Å²) in [7, 11) is 1.69. The molecule has 2 aliphatic heterocycles. The van der Waals surface area contributed by atoms with Crippen molar-refractivity contribution < 1.29 is 9.53 Å². The minimum absolute atomic E-state index is 0. The summed E-state index contributed by atoms with van der Waals surface area (Å²) in [6.07, 6.45) is 2.91. The van der Waals surface area contributed by atoms with Crippen LogP contribution in [0.15, 0.2) is 48.5 Å². The van der Waals surface area contributed by atoms with Crippen LogP contribution in [0, 0.1) is 5.92 Å². The second kappa shape index (κ2) is 8.77. The molecular formula is C22H27ClN2O2. The van der Waals surface area contributed by atoms with Gasteiger partial charge in [0.2, 0.25) is 5.91 Å². The molecule has 0 saturated carbocycles. The van der Waals surface area contributed by atoms with Gasteiger partial charge in [0.25, 0.3) is 0 Å². The van der Waals surface area contributed by atoms with Gasteiger partial charge >= 0.3 is 0 Å². The first-order valence-corrected chi connectivity index (χ1v) is 9.48. The average Bonchev–Trinajstić information content (AvgIpc) is 2.73. The third kappa shape index (κ3) is 4.12. The van der Waals surface area contributed by atoms with Crippen LogP contribution in [0.2, 0.25) is 0 Å². The van der Waals surface area contributed by atoms with Crippen LogP contribution in [0.3, 0.4) is 0 Å². The zero-order valence-corrected chi connectivity index (χ0v) is 16.5. The molecule has 5 heteroatoms. The largest absolute Gasteiger partial charge is 0.497 e. The highest BCUT2D eigenvalue weighted by molar-refractivity contribution is 5.85. The quantitative estimate of drug-likeness (QED) is 0.873. The number of hydrogen-bond acceptors (Lipinski definition) is 3. The standard InChI is InChI=1S/C22H26N2O2.ClH/c1-26-20-10-9-17-13-21(16-6-3-2-4-7-16)24(15-19(17)12-20)22(25)18-8-5-11-23-14-18;/h2-4,6-7,9-10,12,18,21,23H,5,8,11,13-15H2,1H3;1H. The molecule has 1 saturated heterocycles. The maximum atomic E-state index is 13.4. The number of methoxy groups -OCH3 is 1. The maximum Gasteiger partial charge on any atom is 0.227 e. The number of fused-ring (bicyclic) bond motifs is 1. The van der Waals surface area contributed by atoms with E-state index >= 15 is 0 Å². The summed E-state index contributed by atoms with van der Waals surface area (Å²) in [6.45, 7) is 2.47. The van der Waals surface area contributed by atoms with Gasteiger partial charge < -0.3 is 15.0 Å². The molecule has 1 N–H and O–H groups in total. The lowest BCUT2D eigenvalue weighted by Crippen LogP contribution is -2.46. The number of piperidine rings is 1. The Labute approximate surface area is 167 Å². The Morgan fingerprint density at radius 2 is 1.96 bits per heavy atom. The van der Waals surface area contributed by atoms with Crippen LogP contribution in [0.25, 0.3) is 0 Å². The highest BCUT2D eigenvalue weighted by Crippen LogP contribution is 2.36. The van der Waals surface area contributed by atoms with Crippen molar-refractivity contribution in [1.82, 2.24) is 10.2 Å². The first-order chi connectivity index (χ1) is 12.8. The fraction of sp³-hybridized carbons (Fsp3) is 0.409. The van der Waals surface area contributed by atoms with Gasteiger partial charge in [-0.25, -0.2) is 0 Å². The molecule has 144 valence electrons. The van der Waals surface area contributed by atoms with E-state index in [0.29, 0.717) is 6.54 Å². The highest BCUT2D eigenvalue weighted by atomic mass is 35.5. The lowest BCUT2D eigenvalue weighted by Gasteiger charge is -2.40. The summed E-state index contributed by atoms with van der Waals surface area (Å²) in [4.78, 5) is 15.4. The number of carbonyl (C=O) groups excluding carboxylic acids is 1. The van der Waals surface area contributed by atoms with E-state index in [2.05, 4.69) is 46.6 Å². The highest BCUT2D eigenvalue weighted by Gasteiger charge is 2.35. The van der Waals surface area contributed by atoms with Crippen LogP contribution in [0.1, 0.15) is 35.6 Å². The van der Waals surface area contributed by atoms with E-state index in [-0.39, 0.29) is 30.3 Å². The molecule has 2 aromatic carbocycles. The second-order valence-corrected chi connectivity index (χ2v) is 7.27. The Morgan fingerprint density at radius 1 is 1.15 bits per heavy atom. The molecule has 4 rings (SSSR count). The number of halogens is 1. The van der Waals surface area contributed by atoms with Gasteiger partial charge in [-0.15, -0.1) is 12.4 Å². The number of carbonyl (C=O) groups is 1. The molecule has 2 unspecified atom stereocenters. The summed E-state index contributed by atoms with van der Waals surface area (Å²) in [5.41, 5.74) is 3.73. The van der Waals surface area contributed by atoms with Gasteiger partial charge in [-0.3, -0.25) is 4.79 Å². The minimum Gasteiger partial charge on any atom is -0.497 e. The molecule has 0 bridgehead atoms. The first-order valence-electron chi connectivity index (χ1n) is 9.48. The van der Waals surface area contributed by atoms with Gasteiger partial charge in [0.15, 0.2) is 0 Å². The van der Waals surface area contributed by atoms with Gasteiger partial charge in [0.1, 0.15) is 5.75 Å². The second-order valence-electron chi connectivity index (χ2n) is 7.27. The van der Waals surface area contributed by atoms with Crippen molar-refractivity contribution in [1.29, 1.82) is 0 Å². The van der Waals surface area contributed by atoms with Crippen LogP contribution in [0.4, 0.5) is 0 Å². The molecule has 2 atom stereocenters. The normalized spacial score (nSPS) is 21.7. The van der Waals surface area contributed by atoms with Gasteiger partial charge in [0, 0.05) is 13.1 Å². The van der Waals surface area contributed by atoms with E-state index in [1.54, 1.807) is 7.11 Å². The van der Waals surface area contributed by atoms with Crippen LogP contribution in [0.5, 0.6) is 5.75 Å². The molecule has 27 heavy (non-hydrogen) atoms. The molecule has 2 aliphatic rings. The lowest BCUT2D eigenvalue weighted by atomic mass is 9.87. The number of nitrogens with one attached hydrogen (secondary N) is 1. The van der Waals surface area contributed by atoms with E-state index in [1.807, 2.05) is 12.1 Å². The van der Waals surface area contributed by atoms with Crippen LogP contribution >= 0.6 is 12.4 Å². The van der Waals surface area contributed by atoms with Gasteiger partial charge in [-0.05, 0) is 54.6 Å². The monoisotopic (exact) mass is 386 g/mol. The number of hydrogen-bond donors (Lipinski definition) is 1. The SMILES string of the molecule is COc1ccc2c(c1)CN(C(=O)C1CCCNC1)C(c1ccccc1)C2.Cl. The Hall–Kier alpha value is -2.04. The Bertz CT molecular complexity index is 775. The molecule has 0 aliphatic carbocycles. The zero-order valence-electron chi connectivity index (χ0n) is 15.7. The predicted octanol–water partition coefficient (Wildman–Crippen LogP) is 3.74. The molecule has 1 fully saturated rings. The van der Waals surface area contributed by atoms with Crippen molar-refractivity contribution in [3.63, 3.8) is 0 Å². The zero-order chi connectivity index (χ0) is 17.9. The van der Waals surface area contributed by atoms with E-state index in [0.717, 1.165) is 38.1 Å². The van der Waals surface area contributed by atoms with Crippen molar-refractivity contribution in [2.45, 2.75) is 31.8 Å². The molecule has 1 amide bonds. The van der Waals surface area contributed by atoms with Crippen molar-refractivity contribution >= 4 is 18.3 Å². The molecule has 0 aromatic heterocycles. The summed E-state index contributed by atoms with van der Waals surface area (Å²) >= 11 is 0. The predicted molar refractivity (Wildman–Crippen MR) is 109 cm³/mol. The minimum atomic E-state index is 0. The van der Waals surface area contributed by atoms with Gasteiger partial charge in [-0.2, -0.15) is 0 Å². The van der Waals surface area contributed by atoms with Gasteiger partial charge in [-0.1, -0.05) is 36.4 Å². The number of amides is 1. The van der Waals surface area contributed by atoms with E-state index in [9.17, 15) is 4.79 Å². The molecule has 4 nitrogen and oxygen atoms in total. The first kappa shape index (κ1) is 19.7. The number of ether oxygens (including phenoxy) is 1. The summed E-state index contributed by atoms with van der Waals surface area (Å²) < 4.78 is 5.39. The molecule has 2 aromatic rings. The van der Waals surface area contributed by atoms with E-state index in [4.69, 9.17) is 4.74 Å². The third-order valence-electron chi connectivity index (χ3n) is 5.66.